The largest absolute Gasteiger partial charge is 0.361 e. The van der Waals surface area contributed by atoms with Gasteiger partial charge in [-0.25, -0.2) is 0 Å². The lowest BCUT2D eigenvalue weighted by molar-refractivity contribution is 0.613. The van der Waals surface area contributed by atoms with Gasteiger partial charge in [-0.05, 0) is 43.4 Å². The number of rotatable bonds is 4. The molecule has 3 rings (SSSR count). The van der Waals surface area contributed by atoms with Crippen LogP contribution in [0.4, 0.5) is 0 Å². The zero-order valence-corrected chi connectivity index (χ0v) is 16.3. The minimum absolute atomic E-state index is 0. The third-order valence-corrected chi connectivity index (χ3v) is 4.60. The Labute approximate surface area is 155 Å². The summed E-state index contributed by atoms with van der Waals surface area (Å²) in [6.07, 6.45) is 8.33. The molecule has 0 aliphatic heterocycles. The second kappa shape index (κ2) is 8.57. The summed E-state index contributed by atoms with van der Waals surface area (Å²) in [7, 11) is 1.85. The van der Waals surface area contributed by atoms with E-state index in [9.17, 15) is 0 Å². The number of aryl methyl sites for hydroxylation is 1. The average Bonchev–Trinajstić information content (AvgIpc) is 3.17. The number of nitrogens with one attached hydrogen (secondary N) is 3. The van der Waals surface area contributed by atoms with Crippen molar-refractivity contribution in [3.8, 4) is 0 Å². The maximum atomic E-state index is 4.34. The van der Waals surface area contributed by atoms with Gasteiger partial charge in [-0.1, -0.05) is 25.0 Å². The van der Waals surface area contributed by atoms with Crippen LogP contribution in [0.5, 0.6) is 0 Å². The Kier molecular flexibility index (Phi) is 6.74. The van der Waals surface area contributed by atoms with Crippen LogP contribution >= 0.6 is 24.0 Å². The second-order valence-electron chi connectivity index (χ2n) is 6.19. The molecular weight excluding hydrogens is 399 g/mol. The molecule has 5 heteroatoms. The molecule has 1 aliphatic carbocycles. The topological polar surface area (TPSA) is 52.2 Å². The Bertz CT molecular complexity index is 656. The number of benzene rings is 1. The Balaban J connectivity index is 0.00000192. The van der Waals surface area contributed by atoms with Crippen LogP contribution in [0, 0.1) is 6.92 Å². The summed E-state index contributed by atoms with van der Waals surface area (Å²) in [4.78, 5) is 7.70. The predicted octanol–water partition coefficient (Wildman–Crippen LogP) is 3.74. The van der Waals surface area contributed by atoms with Gasteiger partial charge in [0, 0.05) is 36.7 Å². The number of halogens is 1. The van der Waals surface area contributed by atoms with Crippen molar-refractivity contribution in [2.75, 3.05) is 13.6 Å². The first kappa shape index (κ1) is 18.1. The van der Waals surface area contributed by atoms with Gasteiger partial charge >= 0.3 is 0 Å². The molecular formula is C18H27IN4. The number of guanidine groups is 1. The van der Waals surface area contributed by atoms with Crippen LogP contribution in [0.3, 0.4) is 0 Å². The molecule has 0 unspecified atom stereocenters. The van der Waals surface area contributed by atoms with Gasteiger partial charge in [-0.15, -0.1) is 24.0 Å². The van der Waals surface area contributed by atoms with Crippen LogP contribution in [0.15, 0.2) is 29.4 Å². The lowest BCUT2D eigenvalue weighted by Gasteiger charge is -2.16. The third kappa shape index (κ3) is 4.40. The van der Waals surface area contributed by atoms with Crippen molar-refractivity contribution in [3.05, 3.63) is 35.5 Å². The predicted molar refractivity (Wildman–Crippen MR) is 109 cm³/mol. The number of aromatic amines is 1. The second-order valence-corrected chi connectivity index (χ2v) is 6.19. The van der Waals surface area contributed by atoms with Crippen molar-refractivity contribution < 1.29 is 0 Å². The molecule has 1 aromatic carbocycles. The Morgan fingerprint density at radius 3 is 2.83 bits per heavy atom. The van der Waals surface area contributed by atoms with Crippen molar-refractivity contribution in [2.24, 2.45) is 4.99 Å². The molecule has 4 nitrogen and oxygen atoms in total. The number of fused-ring (bicyclic) bond motifs is 1. The molecule has 0 saturated heterocycles. The molecule has 0 amide bonds. The van der Waals surface area contributed by atoms with E-state index < -0.39 is 0 Å². The molecule has 1 fully saturated rings. The smallest absolute Gasteiger partial charge is 0.191 e. The SMILES string of the molecule is CN=C(NCCc1c[nH]c2cccc(C)c12)NC1CCCC1.I. The first-order chi connectivity index (χ1) is 10.8. The number of hydrogen-bond donors (Lipinski definition) is 3. The van der Waals surface area contributed by atoms with Crippen LogP contribution in [0.2, 0.25) is 0 Å². The molecule has 0 atom stereocenters. The summed E-state index contributed by atoms with van der Waals surface area (Å²) < 4.78 is 0. The number of aromatic nitrogens is 1. The first-order valence-corrected chi connectivity index (χ1v) is 8.30. The van der Waals surface area contributed by atoms with Gasteiger partial charge in [-0.3, -0.25) is 4.99 Å². The number of nitrogens with zero attached hydrogens (tertiary/aromatic N) is 1. The van der Waals surface area contributed by atoms with Gasteiger partial charge < -0.3 is 15.6 Å². The highest BCUT2D eigenvalue weighted by Gasteiger charge is 2.15. The van der Waals surface area contributed by atoms with Gasteiger partial charge in [-0.2, -0.15) is 0 Å². The van der Waals surface area contributed by atoms with E-state index in [1.165, 1.54) is 47.7 Å². The summed E-state index contributed by atoms with van der Waals surface area (Å²) in [5, 5.41) is 8.33. The van der Waals surface area contributed by atoms with Gasteiger partial charge in [0.1, 0.15) is 0 Å². The fraction of sp³-hybridized carbons (Fsp3) is 0.500. The van der Waals surface area contributed by atoms with Crippen LogP contribution in [-0.4, -0.2) is 30.6 Å². The summed E-state index contributed by atoms with van der Waals surface area (Å²) in [6.45, 7) is 3.07. The molecule has 1 heterocycles. The van der Waals surface area contributed by atoms with E-state index >= 15 is 0 Å². The fourth-order valence-corrected chi connectivity index (χ4v) is 3.42. The van der Waals surface area contributed by atoms with E-state index in [4.69, 9.17) is 0 Å². The number of aliphatic imine (C=N–C) groups is 1. The maximum Gasteiger partial charge on any atom is 0.191 e. The van der Waals surface area contributed by atoms with Crippen molar-refractivity contribution in [1.29, 1.82) is 0 Å². The van der Waals surface area contributed by atoms with Gasteiger partial charge in [0.15, 0.2) is 5.96 Å². The molecule has 23 heavy (non-hydrogen) atoms. The molecule has 1 aliphatic rings. The summed E-state index contributed by atoms with van der Waals surface area (Å²) in [5.41, 5.74) is 3.93. The van der Waals surface area contributed by atoms with E-state index in [0.29, 0.717) is 6.04 Å². The van der Waals surface area contributed by atoms with Gasteiger partial charge in [0.2, 0.25) is 0 Å². The van der Waals surface area contributed by atoms with E-state index in [-0.39, 0.29) is 24.0 Å². The fourth-order valence-electron chi connectivity index (χ4n) is 3.42. The first-order valence-electron chi connectivity index (χ1n) is 8.30. The summed E-state index contributed by atoms with van der Waals surface area (Å²) in [5.74, 6) is 0.934. The molecule has 1 saturated carbocycles. The van der Waals surface area contributed by atoms with Crippen molar-refractivity contribution in [3.63, 3.8) is 0 Å². The van der Waals surface area contributed by atoms with E-state index in [1.807, 2.05) is 7.05 Å². The standard InChI is InChI=1S/C18H26N4.HI/c1-13-6-5-9-16-17(13)14(12-21-16)10-11-20-18(19-2)22-15-7-3-4-8-15;/h5-6,9,12,15,21H,3-4,7-8,10-11H2,1-2H3,(H2,19,20,22);1H. The van der Waals surface area contributed by atoms with Gasteiger partial charge in [0.05, 0.1) is 0 Å². The molecule has 126 valence electrons. The Hall–Kier alpha value is -1.24. The normalized spacial score (nSPS) is 15.7. The van der Waals surface area contributed by atoms with E-state index in [0.717, 1.165) is 18.9 Å². The molecule has 1 aromatic heterocycles. The van der Waals surface area contributed by atoms with Crippen LogP contribution in [0.1, 0.15) is 36.8 Å². The third-order valence-electron chi connectivity index (χ3n) is 4.60. The quantitative estimate of drug-likeness (QED) is 0.396. The average molecular weight is 426 g/mol. The summed E-state index contributed by atoms with van der Waals surface area (Å²) in [6, 6.07) is 7.01. The van der Waals surface area contributed by atoms with Crippen molar-refractivity contribution >= 4 is 40.8 Å². The zero-order chi connectivity index (χ0) is 15.4. The number of H-pyrrole nitrogens is 1. The monoisotopic (exact) mass is 426 g/mol. The molecule has 0 radical (unpaired) electrons. The van der Waals surface area contributed by atoms with Crippen molar-refractivity contribution in [1.82, 2.24) is 15.6 Å². The molecule has 0 spiro atoms. The van der Waals surface area contributed by atoms with E-state index in [2.05, 4.69) is 51.9 Å². The summed E-state index contributed by atoms with van der Waals surface area (Å²) >= 11 is 0. The Morgan fingerprint density at radius 1 is 1.30 bits per heavy atom. The van der Waals surface area contributed by atoms with Gasteiger partial charge in [0.25, 0.3) is 0 Å². The lowest BCUT2D eigenvalue weighted by atomic mass is 10.1. The van der Waals surface area contributed by atoms with Crippen LogP contribution < -0.4 is 10.6 Å². The minimum Gasteiger partial charge on any atom is -0.361 e. The van der Waals surface area contributed by atoms with Crippen LogP contribution in [-0.2, 0) is 6.42 Å². The molecule has 2 aromatic rings. The zero-order valence-electron chi connectivity index (χ0n) is 14.0. The lowest BCUT2D eigenvalue weighted by Crippen LogP contribution is -2.42. The maximum absolute atomic E-state index is 4.34. The highest BCUT2D eigenvalue weighted by Crippen LogP contribution is 2.22. The molecule has 3 N–H and O–H groups in total. The molecule has 0 bridgehead atoms. The minimum atomic E-state index is 0. The Morgan fingerprint density at radius 2 is 2.09 bits per heavy atom. The van der Waals surface area contributed by atoms with E-state index in [1.54, 1.807) is 0 Å². The highest BCUT2D eigenvalue weighted by atomic mass is 127. The highest BCUT2D eigenvalue weighted by molar-refractivity contribution is 14.0. The van der Waals surface area contributed by atoms with Crippen LogP contribution in [0.25, 0.3) is 10.9 Å². The number of hydrogen-bond acceptors (Lipinski definition) is 1. The van der Waals surface area contributed by atoms with Crippen molar-refractivity contribution in [2.45, 2.75) is 45.1 Å².